The van der Waals surface area contributed by atoms with Gasteiger partial charge in [0.1, 0.15) is 0 Å². The SMILES string of the molecule is CN1C=CN(C2=[C-]C(C)(C)c3ccccc32)C1.[Ir].[c-]1ccccc1-c1ccccn1. The maximum atomic E-state index is 4.22. The van der Waals surface area contributed by atoms with Gasteiger partial charge in [-0.15, -0.1) is 58.8 Å². The predicted molar refractivity (Wildman–Crippen MR) is 118 cm³/mol. The van der Waals surface area contributed by atoms with Crippen molar-refractivity contribution in [1.29, 1.82) is 0 Å². The third-order valence-corrected chi connectivity index (χ3v) is 5.10. The Labute approximate surface area is 193 Å². The summed E-state index contributed by atoms with van der Waals surface area (Å²) in [6, 6.07) is 25.4. The molecule has 0 saturated carbocycles. The van der Waals surface area contributed by atoms with Crippen LogP contribution in [0.5, 0.6) is 0 Å². The van der Waals surface area contributed by atoms with Crippen molar-refractivity contribution in [2.24, 2.45) is 0 Å². The monoisotopic (exact) mass is 572 g/mol. The third-order valence-electron chi connectivity index (χ3n) is 5.10. The number of nitrogens with zero attached hydrogens (tertiary/aromatic N) is 3. The van der Waals surface area contributed by atoms with Crippen molar-refractivity contribution in [3.05, 3.63) is 109 Å². The van der Waals surface area contributed by atoms with E-state index in [1.807, 2.05) is 42.5 Å². The molecule has 1 aliphatic heterocycles. The molecular formula is C26H25IrN3-2. The number of pyridine rings is 1. The maximum absolute atomic E-state index is 4.22. The first-order valence-corrected chi connectivity index (χ1v) is 9.83. The summed E-state index contributed by atoms with van der Waals surface area (Å²) >= 11 is 0. The number of hydrogen-bond donors (Lipinski definition) is 0. The van der Waals surface area contributed by atoms with Crippen molar-refractivity contribution in [2.75, 3.05) is 13.7 Å². The molecule has 2 heterocycles. The summed E-state index contributed by atoms with van der Waals surface area (Å²) in [6.45, 7) is 5.36. The summed E-state index contributed by atoms with van der Waals surface area (Å²) in [7, 11) is 2.09. The van der Waals surface area contributed by atoms with Gasteiger partial charge in [0.15, 0.2) is 0 Å². The van der Waals surface area contributed by atoms with Crippen molar-refractivity contribution in [2.45, 2.75) is 19.3 Å². The molecule has 1 radical (unpaired) electrons. The van der Waals surface area contributed by atoms with Gasteiger partial charge in [-0.2, -0.15) is 0 Å². The van der Waals surface area contributed by atoms with Gasteiger partial charge in [-0.05, 0) is 11.8 Å². The van der Waals surface area contributed by atoms with Gasteiger partial charge in [0.25, 0.3) is 0 Å². The van der Waals surface area contributed by atoms with Gasteiger partial charge in [-0.25, -0.2) is 6.08 Å². The average Bonchev–Trinajstić information content (AvgIpc) is 3.31. The van der Waals surface area contributed by atoms with Crippen molar-refractivity contribution < 1.29 is 20.1 Å². The average molecular weight is 572 g/mol. The second kappa shape index (κ2) is 9.42. The van der Waals surface area contributed by atoms with Crippen LogP contribution in [0.4, 0.5) is 0 Å². The maximum Gasteiger partial charge on any atom is 0.0906 e. The van der Waals surface area contributed by atoms with Crippen molar-refractivity contribution >= 4 is 5.70 Å². The topological polar surface area (TPSA) is 19.4 Å². The first kappa shape index (κ1) is 22.0. The van der Waals surface area contributed by atoms with Crippen LogP contribution in [-0.4, -0.2) is 28.5 Å². The van der Waals surface area contributed by atoms with E-state index in [1.165, 1.54) is 16.8 Å². The number of benzene rings is 2. The fraction of sp³-hybridized carbons (Fsp3) is 0.192. The Hall–Kier alpha value is -2.68. The number of fused-ring (bicyclic) bond motifs is 1. The summed E-state index contributed by atoms with van der Waals surface area (Å²) in [5, 5.41) is 0. The number of rotatable bonds is 2. The summed E-state index contributed by atoms with van der Waals surface area (Å²) in [5.74, 6) is 0. The molecule has 1 aliphatic carbocycles. The fourth-order valence-corrected chi connectivity index (χ4v) is 3.64. The molecule has 3 nitrogen and oxygen atoms in total. The van der Waals surface area contributed by atoms with E-state index in [0.717, 1.165) is 17.9 Å². The van der Waals surface area contributed by atoms with Gasteiger partial charge in [0, 0.05) is 45.7 Å². The Morgan fingerprint density at radius 1 is 0.933 bits per heavy atom. The Kier molecular flexibility index (Phi) is 6.91. The van der Waals surface area contributed by atoms with Crippen LogP contribution in [0.1, 0.15) is 25.0 Å². The van der Waals surface area contributed by atoms with Crippen LogP contribution in [0.2, 0.25) is 0 Å². The van der Waals surface area contributed by atoms with Crippen molar-refractivity contribution in [1.82, 2.24) is 14.8 Å². The Balaban J connectivity index is 0.000000175. The normalized spacial score (nSPS) is 15.6. The van der Waals surface area contributed by atoms with Crippen LogP contribution >= 0.6 is 0 Å². The molecule has 3 aromatic rings. The van der Waals surface area contributed by atoms with E-state index < -0.39 is 0 Å². The fourth-order valence-electron chi connectivity index (χ4n) is 3.64. The molecule has 0 saturated heterocycles. The molecule has 155 valence electrons. The second-order valence-corrected chi connectivity index (χ2v) is 7.80. The Morgan fingerprint density at radius 2 is 1.70 bits per heavy atom. The molecule has 0 atom stereocenters. The number of allylic oxidation sites excluding steroid dienone is 1. The molecule has 0 amide bonds. The largest absolute Gasteiger partial charge is 0.363 e. The molecule has 0 spiro atoms. The molecule has 30 heavy (non-hydrogen) atoms. The van der Waals surface area contributed by atoms with E-state index in [2.05, 4.69) is 84.5 Å². The van der Waals surface area contributed by atoms with E-state index in [-0.39, 0.29) is 25.5 Å². The molecule has 0 fully saturated rings. The molecule has 2 aromatic carbocycles. The van der Waals surface area contributed by atoms with Gasteiger partial charge in [0.05, 0.1) is 6.67 Å². The first-order valence-electron chi connectivity index (χ1n) is 9.83. The van der Waals surface area contributed by atoms with Gasteiger partial charge in [0.2, 0.25) is 0 Å². The number of aromatic nitrogens is 1. The minimum atomic E-state index is 0. The number of hydrogen-bond acceptors (Lipinski definition) is 3. The third kappa shape index (κ3) is 4.72. The van der Waals surface area contributed by atoms with Gasteiger partial charge >= 0.3 is 0 Å². The second-order valence-electron chi connectivity index (χ2n) is 7.80. The van der Waals surface area contributed by atoms with Crippen LogP contribution in [0.3, 0.4) is 0 Å². The molecule has 5 rings (SSSR count). The minimum absolute atomic E-state index is 0. The van der Waals surface area contributed by atoms with E-state index in [1.54, 1.807) is 6.20 Å². The molecule has 0 unspecified atom stereocenters. The van der Waals surface area contributed by atoms with Crippen molar-refractivity contribution in [3.63, 3.8) is 0 Å². The molecule has 1 aromatic heterocycles. The summed E-state index contributed by atoms with van der Waals surface area (Å²) in [4.78, 5) is 8.64. The van der Waals surface area contributed by atoms with Crippen LogP contribution < -0.4 is 0 Å². The van der Waals surface area contributed by atoms with Crippen molar-refractivity contribution in [3.8, 4) is 11.3 Å². The van der Waals surface area contributed by atoms with Crippen LogP contribution in [0.15, 0.2) is 85.3 Å². The molecule has 2 aliphatic rings. The molecular weight excluding hydrogens is 547 g/mol. The van der Waals surface area contributed by atoms with E-state index in [4.69, 9.17) is 0 Å². The Morgan fingerprint density at radius 3 is 2.37 bits per heavy atom. The smallest absolute Gasteiger partial charge is 0.0906 e. The van der Waals surface area contributed by atoms with Crippen LogP contribution in [-0.2, 0) is 25.5 Å². The van der Waals surface area contributed by atoms with E-state index in [9.17, 15) is 0 Å². The zero-order chi connectivity index (χ0) is 20.3. The quantitative estimate of drug-likeness (QED) is 0.387. The summed E-state index contributed by atoms with van der Waals surface area (Å²) in [6.07, 6.45) is 9.64. The molecule has 0 N–H and O–H groups in total. The zero-order valence-corrected chi connectivity index (χ0v) is 19.9. The standard InChI is InChI=1S/C15H17N2.C11H8N.Ir/c1-15(2)10-14(17-9-8-16(3)11-17)12-6-4-5-7-13(12)15;1-2-6-10(7-3-1)11-8-4-5-9-12-11;/h4-9H,11H2,1-3H3;1-6,8-9H;/q2*-1;. The van der Waals surface area contributed by atoms with Gasteiger partial charge < -0.3 is 14.8 Å². The Bertz CT molecular complexity index is 989. The zero-order valence-electron chi connectivity index (χ0n) is 17.5. The first-order chi connectivity index (χ1) is 14.0. The van der Waals surface area contributed by atoms with Crippen LogP contribution in [0, 0.1) is 12.1 Å². The summed E-state index contributed by atoms with van der Waals surface area (Å²) < 4.78 is 0. The molecule has 0 bridgehead atoms. The van der Waals surface area contributed by atoms with E-state index in [0.29, 0.717) is 0 Å². The van der Waals surface area contributed by atoms with Crippen LogP contribution in [0.25, 0.3) is 17.0 Å². The summed E-state index contributed by atoms with van der Waals surface area (Å²) in [5.41, 5.74) is 5.93. The van der Waals surface area contributed by atoms with E-state index >= 15 is 0 Å². The molecule has 4 heteroatoms. The predicted octanol–water partition coefficient (Wildman–Crippen LogP) is 5.34. The van der Waals surface area contributed by atoms with Gasteiger partial charge in [-0.1, -0.05) is 49.6 Å². The van der Waals surface area contributed by atoms with Gasteiger partial charge in [-0.3, -0.25) is 0 Å². The minimum Gasteiger partial charge on any atom is -0.363 e.